The minimum Gasteiger partial charge on any atom is -0.477 e. The summed E-state index contributed by atoms with van der Waals surface area (Å²) in [6.45, 7) is 0.913. The Labute approximate surface area is 205 Å². The van der Waals surface area contributed by atoms with Gasteiger partial charge >= 0.3 is 11.9 Å². The predicted molar refractivity (Wildman–Crippen MR) is 123 cm³/mol. The van der Waals surface area contributed by atoms with E-state index in [4.69, 9.17) is 15.3 Å². The van der Waals surface area contributed by atoms with E-state index in [0.29, 0.717) is 11.4 Å². The van der Waals surface area contributed by atoms with Gasteiger partial charge in [-0.3, -0.25) is 19.3 Å². The Bertz CT molecular complexity index is 1220. The molecule has 16 heteroatoms. The van der Waals surface area contributed by atoms with Crippen molar-refractivity contribution in [1.29, 1.82) is 0 Å². The largest absolute Gasteiger partial charge is 0.477 e. The number of hydrogen-bond acceptors (Lipinski definition) is 12. The molecule has 184 valence electrons. The van der Waals surface area contributed by atoms with Gasteiger partial charge in [0.25, 0.3) is 11.8 Å². The first-order valence-electron chi connectivity index (χ1n) is 10.00. The summed E-state index contributed by atoms with van der Waals surface area (Å²) in [5.74, 6) is -2.60. The molecule has 2 atom stereocenters. The lowest BCUT2D eigenvalue weighted by molar-refractivity contribution is -0.150. The zero-order valence-electron chi connectivity index (χ0n) is 18.1. The van der Waals surface area contributed by atoms with Crippen LogP contribution in [0.3, 0.4) is 0 Å². The summed E-state index contributed by atoms with van der Waals surface area (Å²) < 4.78 is 4.91. The van der Waals surface area contributed by atoms with Crippen LogP contribution in [0.15, 0.2) is 34.2 Å². The van der Waals surface area contributed by atoms with Crippen LogP contribution in [0.2, 0.25) is 0 Å². The highest BCUT2D eigenvalue weighted by Gasteiger charge is 2.54. The molecule has 2 aromatic rings. The molecule has 2 aromatic heterocycles. The summed E-state index contributed by atoms with van der Waals surface area (Å²) in [5, 5.41) is 17.2. The fourth-order valence-electron chi connectivity index (χ4n) is 3.33. The van der Waals surface area contributed by atoms with Gasteiger partial charge in [-0.25, -0.2) is 14.8 Å². The molecule has 2 aliphatic heterocycles. The molecule has 35 heavy (non-hydrogen) atoms. The van der Waals surface area contributed by atoms with E-state index in [1.165, 1.54) is 30.3 Å². The molecule has 0 bridgehead atoms. The van der Waals surface area contributed by atoms with Crippen LogP contribution in [0.25, 0.3) is 0 Å². The second kappa shape index (κ2) is 10.1. The van der Waals surface area contributed by atoms with Crippen molar-refractivity contribution in [3.05, 3.63) is 40.6 Å². The topological polar surface area (TPSA) is 202 Å². The van der Waals surface area contributed by atoms with Crippen LogP contribution in [-0.2, 0) is 35.4 Å². The maximum atomic E-state index is 13.0. The normalized spacial score (nSPS) is 19.6. The first-order chi connectivity index (χ1) is 16.8. The molecular formula is C19H19N7O7S2. The third-order valence-corrected chi connectivity index (χ3v) is 6.89. The Hall–Kier alpha value is -3.92. The molecule has 0 spiro atoms. The van der Waals surface area contributed by atoms with Crippen LogP contribution >= 0.6 is 23.1 Å². The van der Waals surface area contributed by atoms with Crippen molar-refractivity contribution in [3.63, 3.8) is 0 Å². The molecular weight excluding hydrogens is 502 g/mol. The fourth-order valence-corrected chi connectivity index (χ4v) is 5.20. The number of thioether (sulfide) groups is 1. The number of hydrogen-bond donors (Lipinski definition) is 4. The van der Waals surface area contributed by atoms with E-state index in [0.717, 1.165) is 16.2 Å². The Kier molecular flexibility index (Phi) is 7.02. The van der Waals surface area contributed by atoms with E-state index in [2.05, 4.69) is 25.4 Å². The van der Waals surface area contributed by atoms with Crippen molar-refractivity contribution >= 4 is 57.7 Å². The first-order valence-corrected chi connectivity index (χ1v) is 11.9. The molecule has 14 nitrogen and oxygen atoms in total. The third kappa shape index (κ3) is 5.12. The second-order valence-electron chi connectivity index (χ2n) is 7.22. The van der Waals surface area contributed by atoms with Crippen molar-refractivity contribution in [2.24, 2.45) is 5.16 Å². The van der Waals surface area contributed by atoms with Crippen molar-refractivity contribution in [2.75, 3.05) is 18.1 Å². The van der Waals surface area contributed by atoms with Crippen molar-refractivity contribution < 1.29 is 33.9 Å². The van der Waals surface area contributed by atoms with Crippen LogP contribution in [0, 0.1) is 0 Å². The number of oxime groups is 1. The number of carbonyl (C=O) groups excluding carboxylic acids is 3. The number of carboxylic acids is 1. The molecule has 0 unspecified atom stereocenters. The number of fused-ring (bicyclic) bond motifs is 1. The number of nitrogens with zero attached hydrogens (tertiary/aromatic N) is 4. The summed E-state index contributed by atoms with van der Waals surface area (Å²) in [5.41, 5.74) is 5.66. The van der Waals surface area contributed by atoms with E-state index in [1.807, 2.05) is 0 Å². The molecule has 1 fully saturated rings. The number of ether oxygens (including phenoxy) is 1. The molecule has 1 saturated heterocycles. The van der Waals surface area contributed by atoms with Gasteiger partial charge in [0.05, 0.1) is 0 Å². The molecule has 0 saturated carbocycles. The number of carboxylic acid groups (broad SMARTS) is 1. The van der Waals surface area contributed by atoms with Gasteiger partial charge in [-0.1, -0.05) is 5.16 Å². The van der Waals surface area contributed by atoms with Crippen LogP contribution in [0.4, 0.5) is 5.13 Å². The number of nitrogens with one attached hydrogen (secondary N) is 2. The van der Waals surface area contributed by atoms with E-state index in [1.54, 1.807) is 6.20 Å². The highest BCUT2D eigenvalue weighted by atomic mass is 32.2. The number of aromatic amines is 1. The number of β-lactam (4-membered cyclic amide) rings is 1. The second-order valence-corrected chi connectivity index (χ2v) is 9.21. The number of rotatable bonds is 9. The van der Waals surface area contributed by atoms with Gasteiger partial charge in [-0.15, -0.1) is 23.1 Å². The number of anilines is 1. The smallest absolute Gasteiger partial charge is 0.352 e. The van der Waals surface area contributed by atoms with Gasteiger partial charge in [-0.05, 0) is 0 Å². The van der Waals surface area contributed by atoms with E-state index in [9.17, 15) is 24.3 Å². The van der Waals surface area contributed by atoms with Gasteiger partial charge in [0.1, 0.15) is 35.2 Å². The third-order valence-electron chi connectivity index (χ3n) is 4.88. The number of esters is 1. The molecule has 4 heterocycles. The number of aliphatic carboxylic acids is 1. The quantitative estimate of drug-likeness (QED) is 0.146. The minimum atomic E-state index is -1.33. The average molecular weight is 522 g/mol. The number of aromatic nitrogens is 3. The Morgan fingerprint density at radius 1 is 1.40 bits per heavy atom. The number of imidazole rings is 1. The first kappa shape index (κ1) is 24.2. The number of amides is 2. The van der Waals surface area contributed by atoms with Crippen LogP contribution in [-0.4, -0.2) is 78.2 Å². The van der Waals surface area contributed by atoms with Gasteiger partial charge < -0.3 is 30.7 Å². The average Bonchev–Trinajstić information content (AvgIpc) is 3.49. The predicted octanol–water partition coefficient (Wildman–Crippen LogP) is -0.329. The van der Waals surface area contributed by atoms with E-state index in [-0.39, 0.29) is 41.2 Å². The summed E-state index contributed by atoms with van der Waals surface area (Å²) in [4.78, 5) is 66.0. The standard InChI is InChI=1S/C19H19N7O7S2/c1-8(27)32-4-9-6-34-17-13(16(29)26(17)14(9)18(30)31)24-15(28)12(10-7-35-19(20)23-10)25-33-5-11-21-2-3-22-11/h2-3,7,13,17H,4-6H2,1H3,(H2,20,23)(H,21,22)(H,24,28)(H,30,31)/b25-12-/t13-,17+/m0/s1. The number of thiazole rings is 1. The van der Waals surface area contributed by atoms with Crippen molar-refractivity contribution in [3.8, 4) is 0 Å². The molecule has 0 radical (unpaired) electrons. The minimum absolute atomic E-state index is 0.0457. The lowest BCUT2D eigenvalue weighted by Crippen LogP contribution is -2.71. The molecule has 2 aliphatic rings. The highest BCUT2D eigenvalue weighted by molar-refractivity contribution is 8.00. The molecule has 0 aromatic carbocycles. The SMILES string of the molecule is CC(=O)OCC1=C(C(=O)O)N2C(=O)[C@H](NC(=O)/C(=N\OCc3ncc[nH]3)c3csc(N)n3)[C@H]2SC1. The van der Waals surface area contributed by atoms with Gasteiger partial charge in [0.15, 0.2) is 17.5 Å². The maximum absolute atomic E-state index is 13.0. The summed E-state index contributed by atoms with van der Waals surface area (Å²) in [6, 6.07) is -1.01. The molecule has 4 rings (SSSR count). The zero-order chi connectivity index (χ0) is 25.1. The highest BCUT2D eigenvalue weighted by Crippen LogP contribution is 2.40. The van der Waals surface area contributed by atoms with Gasteiger partial charge in [0.2, 0.25) is 0 Å². The Morgan fingerprint density at radius 2 is 2.20 bits per heavy atom. The van der Waals surface area contributed by atoms with E-state index >= 15 is 0 Å². The number of H-pyrrole nitrogens is 1. The van der Waals surface area contributed by atoms with Gasteiger partial charge in [-0.2, -0.15) is 0 Å². The van der Waals surface area contributed by atoms with E-state index < -0.39 is 35.2 Å². The van der Waals surface area contributed by atoms with Crippen LogP contribution < -0.4 is 11.1 Å². The summed E-state index contributed by atoms with van der Waals surface area (Å²) in [7, 11) is 0. The summed E-state index contributed by atoms with van der Waals surface area (Å²) >= 11 is 2.33. The Balaban J connectivity index is 1.49. The molecule has 0 aliphatic carbocycles. The molecule has 5 N–H and O–H groups in total. The van der Waals surface area contributed by atoms with Gasteiger partial charge in [0, 0.05) is 36.0 Å². The van der Waals surface area contributed by atoms with Crippen molar-refractivity contribution in [2.45, 2.75) is 24.9 Å². The van der Waals surface area contributed by atoms with Crippen LogP contribution in [0.5, 0.6) is 0 Å². The fraction of sp³-hybridized carbons (Fsp3) is 0.316. The lowest BCUT2D eigenvalue weighted by Gasteiger charge is -2.49. The van der Waals surface area contributed by atoms with Crippen LogP contribution in [0.1, 0.15) is 18.4 Å². The maximum Gasteiger partial charge on any atom is 0.352 e. The van der Waals surface area contributed by atoms with Crippen molar-refractivity contribution in [1.82, 2.24) is 25.2 Å². The summed E-state index contributed by atoms with van der Waals surface area (Å²) in [6.07, 6.45) is 3.13. The lowest BCUT2D eigenvalue weighted by atomic mass is 10.0. The number of nitrogens with two attached hydrogens (primary N) is 1. The monoisotopic (exact) mass is 521 g/mol. The molecule has 2 amide bonds. The zero-order valence-corrected chi connectivity index (χ0v) is 19.7. The number of nitrogen functional groups attached to an aromatic ring is 1. The number of carbonyl (C=O) groups is 4. The Morgan fingerprint density at radius 3 is 2.83 bits per heavy atom.